The van der Waals surface area contributed by atoms with E-state index in [4.69, 9.17) is 0 Å². The lowest BCUT2D eigenvalue weighted by atomic mass is 9.78. The molecule has 3 unspecified atom stereocenters. The second-order valence-corrected chi connectivity index (χ2v) is 6.52. The van der Waals surface area contributed by atoms with Gasteiger partial charge in [-0.05, 0) is 24.2 Å². The van der Waals surface area contributed by atoms with Crippen LogP contribution in [0.3, 0.4) is 0 Å². The summed E-state index contributed by atoms with van der Waals surface area (Å²) in [6.45, 7) is 8.31. The average molecular weight is 298 g/mol. The third-order valence-corrected chi connectivity index (χ3v) is 5.01. The summed E-state index contributed by atoms with van der Waals surface area (Å²) in [5.41, 5.74) is 0. The Morgan fingerprint density at radius 2 is 1.95 bits per heavy atom. The first-order chi connectivity index (χ1) is 9.86. The lowest BCUT2D eigenvalue weighted by Gasteiger charge is -2.34. The molecular formula is C16H30N2O3. The molecule has 0 spiro atoms. The Morgan fingerprint density at radius 3 is 2.52 bits per heavy atom. The van der Waals surface area contributed by atoms with Crippen molar-refractivity contribution in [2.45, 2.75) is 65.5 Å². The molecule has 0 aromatic carbocycles. The number of aliphatic carboxylic acids is 1. The maximum absolute atomic E-state index is 12.0. The SMILES string of the molecule is CC[C@H](C)[C@H](NCC(=O)NC1CCCC(C)C1C)C(=O)O. The Bertz CT molecular complexity index is 359. The first kappa shape index (κ1) is 18.0. The molecule has 1 fully saturated rings. The van der Waals surface area contributed by atoms with Crippen molar-refractivity contribution in [2.75, 3.05) is 6.54 Å². The minimum Gasteiger partial charge on any atom is -0.480 e. The minimum atomic E-state index is -0.892. The highest BCUT2D eigenvalue weighted by Gasteiger charge is 2.29. The van der Waals surface area contributed by atoms with Gasteiger partial charge in [0, 0.05) is 6.04 Å². The number of carboxylic acids is 1. The molecule has 0 heterocycles. The monoisotopic (exact) mass is 298 g/mol. The highest BCUT2D eigenvalue weighted by Crippen LogP contribution is 2.29. The van der Waals surface area contributed by atoms with Crippen LogP contribution < -0.4 is 10.6 Å². The van der Waals surface area contributed by atoms with Crippen LogP contribution in [0.25, 0.3) is 0 Å². The van der Waals surface area contributed by atoms with Crippen molar-refractivity contribution in [3.05, 3.63) is 0 Å². The fourth-order valence-electron chi connectivity index (χ4n) is 3.01. The predicted octanol–water partition coefficient (Wildman–Crippen LogP) is 2.02. The molecule has 1 amide bonds. The van der Waals surface area contributed by atoms with E-state index in [-0.39, 0.29) is 24.4 Å². The summed E-state index contributed by atoms with van der Waals surface area (Å²) < 4.78 is 0. The topological polar surface area (TPSA) is 78.4 Å². The number of hydrogen-bond acceptors (Lipinski definition) is 3. The van der Waals surface area contributed by atoms with Gasteiger partial charge in [0.1, 0.15) is 6.04 Å². The quantitative estimate of drug-likeness (QED) is 0.672. The fraction of sp³-hybridized carbons (Fsp3) is 0.875. The van der Waals surface area contributed by atoms with E-state index in [9.17, 15) is 14.7 Å². The van der Waals surface area contributed by atoms with Gasteiger partial charge in [0.25, 0.3) is 0 Å². The zero-order chi connectivity index (χ0) is 16.0. The molecule has 3 N–H and O–H groups in total. The summed E-state index contributed by atoms with van der Waals surface area (Å²) in [6, 6.07) is -0.446. The zero-order valence-electron chi connectivity index (χ0n) is 13.7. The van der Waals surface area contributed by atoms with Crippen LogP contribution in [0.1, 0.15) is 53.4 Å². The Hall–Kier alpha value is -1.10. The summed E-state index contributed by atoms with van der Waals surface area (Å²) in [7, 11) is 0. The first-order valence-corrected chi connectivity index (χ1v) is 8.12. The summed E-state index contributed by atoms with van der Waals surface area (Å²) >= 11 is 0. The largest absolute Gasteiger partial charge is 0.480 e. The van der Waals surface area contributed by atoms with Crippen LogP contribution in [-0.2, 0) is 9.59 Å². The van der Waals surface area contributed by atoms with Crippen LogP contribution in [0.5, 0.6) is 0 Å². The number of carboxylic acid groups (broad SMARTS) is 1. The van der Waals surface area contributed by atoms with E-state index in [1.54, 1.807) is 0 Å². The standard InChI is InChI=1S/C16H30N2O3/c1-5-10(2)15(16(20)21)17-9-14(19)18-13-8-6-7-11(3)12(13)4/h10-13,15,17H,5-9H2,1-4H3,(H,18,19)(H,20,21)/t10-,11?,12?,13?,15-/m0/s1. The number of nitrogens with one attached hydrogen (secondary N) is 2. The number of hydrogen-bond donors (Lipinski definition) is 3. The second kappa shape index (κ2) is 8.37. The number of carbonyl (C=O) groups is 2. The van der Waals surface area contributed by atoms with E-state index in [2.05, 4.69) is 24.5 Å². The maximum Gasteiger partial charge on any atom is 0.320 e. The minimum absolute atomic E-state index is 0.00364. The smallest absolute Gasteiger partial charge is 0.320 e. The molecule has 0 bridgehead atoms. The zero-order valence-corrected chi connectivity index (χ0v) is 13.7. The average Bonchev–Trinajstić information content (AvgIpc) is 2.43. The van der Waals surface area contributed by atoms with Crippen LogP contribution >= 0.6 is 0 Å². The molecule has 122 valence electrons. The van der Waals surface area contributed by atoms with Gasteiger partial charge < -0.3 is 10.4 Å². The van der Waals surface area contributed by atoms with Gasteiger partial charge in [-0.2, -0.15) is 0 Å². The number of carbonyl (C=O) groups excluding carboxylic acids is 1. The van der Waals surface area contributed by atoms with Gasteiger partial charge in [0.05, 0.1) is 6.54 Å². The van der Waals surface area contributed by atoms with E-state index >= 15 is 0 Å². The third-order valence-electron chi connectivity index (χ3n) is 5.01. The second-order valence-electron chi connectivity index (χ2n) is 6.52. The maximum atomic E-state index is 12.0. The van der Waals surface area contributed by atoms with Crippen LogP contribution in [-0.4, -0.2) is 35.6 Å². The first-order valence-electron chi connectivity index (χ1n) is 8.12. The van der Waals surface area contributed by atoms with Crippen LogP contribution in [0, 0.1) is 17.8 Å². The van der Waals surface area contributed by atoms with Crippen molar-refractivity contribution in [1.29, 1.82) is 0 Å². The highest BCUT2D eigenvalue weighted by molar-refractivity contribution is 5.80. The van der Waals surface area contributed by atoms with Gasteiger partial charge in [-0.25, -0.2) is 0 Å². The predicted molar refractivity (Wildman–Crippen MR) is 83.0 cm³/mol. The van der Waals surface area contributed by atoms with Crippen LogP contribution in [0.4, 0.5) is 0 Å². The molecule has 5 heteroatoms. The molecule has 0 aromatic heterocycles. The molecule has 5 atom stereocenters. The summed E-state index contributed by atoms with van der Waals surface area (Å²) in [5.74, 6) is 0.118. The highest BCUT2D eigenvalue weighted by atomic mass is 16.4. The molecule has 1 aliphatic rings. The van der Waals surface area contributed by atoms with Gasteiger partial charge in [-0.15, -0.1) is 0 Å². The molecule has 1 saturated carbocycles. The van der Waals surface area contributed by atoms with Gasteiger partial charge in [0.2, 0.25) is 5.91 Å². The lowest BCUT2D eigenvalue weighted by molar-refractivity contribution is -0.141. The fourth-order valence-corrected chi connectivity index (χ4v) is 3.01. The molecule has 0 saturated heterocycles. The van der Waals surface area contributed by atoms with Gasteiger partial charge in [0.15, 0.2) is 0 Å². The third kappa shape index (κ3) is 5.30. The molecule has 0 aliphatic heterocycles. The summed E-state index contributed by atoms with van der Waals surface area (Å²) in [6.07, 6.45) is 4.16. The van der Waals surface area contributed by atoms with Crippen molar-refractivity contribution < 1.29 is 14.7 Å². The number of rotatable bonds is 7. The summed E-state index contributed by atoms with van der Waals surface area (Å²) in [4.78, 5) is 23.2. The molecule has 5 nitrogen and oxygen atoms in total. The van der Waals surface area contributed by atoms with E-state index in [0.29, 0.717) is 11.8 Å². The molecule has 0 aromatic rings. The van der Waals surface area contributed by atoms with Crippen LogP contribution in [0.15, 0.2) is 0 Å². The lowest BCUT2D eigenvalue weighted by Crippen LogP contribution is -2.50. The van der Waals surface area contributed by atoms with E-state index < -0.39 is 12.0 Å². The summed E-state index contributed by atoms with van der Waals surface area (Å²) in [5, 5.41) is 15.1. The van der Waals surface area contributed by atoms with Gasteiger partial charge >= 0.3 is 5.97 Å². The van der Waals surface area contributed by atoms with E-state index in [1.807, 2.05) is 13.8 Å². The Kier molecular flexibility index (Phi) is 7.15. The van der Waals surface area contributed by atoms with Crippen molar-refractivity contribution in [2.24, 2.45) is 17.8 Å². The Balaban J connectivity index is 2.44. The van der Waals surface area contributed by atoms with Crippen molar-refractivity contribution in [3.63, 3.8) is 0 Å². The molecule has 1 rings (SSSR count). The van der Waals surface area contributed by atoms with Gasteiger partial charge in [-0.3, -0.25) is 14.9 Å². The number of amides is 1. The molecule has 21 heavy (non-hydrogen) atoms. The molecule has 1 aliphatic carbocycles. The molecular weight excluding hydrogens is 268 g/mol. The normalized spacial score (nSPS) is 28.7. The van der Waals surface area contributed by atoms with Crippen molar-refractivity contribution in [1.82, 2.24) is 10.6 Å². The van der Waals surface area contributed by atoms with Crippen molar-refractivity contribution in [3.8, 4) is 0 Å². The van der Waals surface area contributed by atoms with E-state index in [0.717, 1.165) is 19.3 Å². The van der Waals surface area contributed by atoms with Gasteiger partial charge in [-0.1, -0.05) is 47.0 Å². The Labute approximate surface area is 127 Å². The van der Waals surface area contributed by atoms with E-state index in [1.165, 1.54) is 6.42 Å². The van der Waals surface area contributed by atoms with Crippen molar-refractivity contribution >= 4 is 11.9 Å². The Morgan fingerprint density at radius 1 is 1.29 bits per heavy atom. The van der Waals surface area contributed by atoms with Crippen LogP contribution in [0.2, 0.25) is 0 Å². The molecule has 0 radical (unpaired) electrons.